The Kier molecular flexibility index (Phi) is 5.77. The number of halogens is 2. The van der Waals surface area contributed by atoms with Crippen LogP contribution in [-0.4, -0.2) is 27.3 Å². The first-order chi connectivity index (χ1) is 14.9. The molecule has 1 N–H and O–H groups in total. The van der Waals surface area contributed by atoms with E-state index in [0.717, 1.165) is 29.1 Å². The summed E-state index contributed by atoms with van der Waals surface area (Å²) in [6.45, 7) is 2.54. The third kappa shape index (κ3) is 4.46. The fourth-order valence-electron chi connectivity index (χ4n) is 2.93. The van der Waals surface area contributed by atoms with Gasteiger partial charge in [0, 0.05) is 29.6 Å². The quantitative estimate of drug-likeness (QED) is 0.451. The molecule has 0 saturated carbocycles. The van der Waals surface area contributed by atoms with Gasteiger partial charge in [0.15, 0.2) is 11.6 Å². The number of thiazole rings is 1. The van der Waals surface area contributed by atoms with Crippen molar-refractivity contribution in [1.82, 2.24) is 14.8 Å². The Morgan fingerprint density at radius 1 is 1.10 bits per heavy atom. The first kappa shape index (κ1) is 20.7. The van der Waals surface area contributed by atoms with Gasteiger partial charge in [-0.25, -0.2) is 13.8 Å². The lowest BCUT2D eigenvalue weighted by atomic mass is 10.2. The molecule has 9 heteroatoms. The van der Waals surface area contributed by atoms with Crippen LogP contribution in [0.15, 0.2) is 53.9 Å². The van der Waals surface area contributed by atoms with Crippen molar-refractivity contribution in [3.05, 3.63) is 71.1 Å². The van der Waals surface area contributed by atoms with Crippen molar-refractivity contribution in [2.24, 2.45) is 7.05 Å². The number of benzene rings is 2. The van der Waals surface area contributed by atoms with E-state index in [4.69, 9.17) is 4.74 Å². The molecule has 0 saturated heterocycles. The molecule has 2 heterocycles. The molecule has 6 nitrogen and oxygen atoms in total. The van der Waals surface area contributed by atoms with Gasteiger partial charge in [-0.3, -0.25) is 9.48 Å². The Hall–Kier alpha value is -3.59. The highest BCUT2D eigenvalue weighted by molar-refractivity contribution is 7.13. The highest BCUT2D eigenvalue weighted by Gasteiger charge is 2.16. The number of carbonyl (C=O) groups excluding carboxylic acids is 1. The number of aromatic nitrogens is 3. The Balaban J connectivity index is 1.52. The lowest BCUT2D eigenvalue weighted by Crippen LogP contribution is -2.14. The van der Waals surface area contributed by atoms with E-state index >= 15 is 0 Å². The highest BCUT2D eigenvalue weighted by Crippen LogP contribution is 2.30. The SMILES string of the molecule is CCOc1ccc(-c2csc(-c3cc(NC(=O)c4ccc(F)c(F)c4)n(C)n3)n2)cc1. The summed E-state index contributed by atoms with van der Waals surface area (Å²) < 4.78 is 33.4. The Morgan fingerprint density at radius 3 is 2.58 bits per heavy atom. The zero-order valence-electron chi connectivity index (χ0n) is 16.7. The molecule has 0 radical (unpaired) electrons. The predicted octanol–water partition coefficient (Wildman–Crippen LogP) is 5.14. The van der Waals surface area contributed by atoms with E-state index in [1.807, 2.05) is 36.6 Å². The zero-order valence-corrected chi connectivity index (χ0v) is 17.5. The van der Waals surface area contributed by atoms with E-state index in [1.54, 1.807) is 13.1 Å². The summed E-state index contributed by atoms with van der Waals surface area (Å²) in [6, 6.07) is 12.3. The van der Waals surface area contributed by atoms with Crippen molar-refractivity contribution in [2.45, 2.75) is 6.92 Å². The second-order valence-corrected chi connectivity index (χ2v) is 7.47. The predicted molar refractivity (Wildman–Crippen MR) is 115 cm³/mol. The van der Waals surface area contributed by atoms with Crippen molar-refractivity contribution >= 4 is 23.1 Å². The van der Waals surface area contributed by atoms with Crippen LogP contribution in [0.2, 0.25) is 0 Å². The molecule has 0 fully saturated rings. The minimum atomic E-state index is -1.08. The van der Waals surface area contributed by atoms with Gasteiger partial charge in [-0.05, 0) is 49.4 Å². The largest absolute Gasteiger partial charge is 0.494 e. The van der Waals surface area contributed by atoms with Gasteiger partial charge in [-0.2, -0.15) is 5.10 Å². The number of amides is 1. The fourth-order valence-corrected chi connectivity index (χ4v) is 3.71. The molecule has 0 spiro atoms. The van der Waals surface area contributed by atoms with Crippen LogP contribution in [0.3, 0.4) is 0 Å². The van der Waals surface area contributed by atoms with Crippen LogP contribution < -0.4 is 10.1 Å². The molecule has 158 valence electrons. The van der Waals surface area contributed by atoms with Gasteiger partial charge in [-0.15, -0.1) is 11.3 Å². The average Bonchev–Trinajstić information content (AvgIpc) is 3.38. The van der Waals surface area contributed by atoms with Gasteiger partial charge in [0.1, 0.15) is 22.3 Å². The number of ether oxygens (including phenoxy) is 1. The maximum absolute atomic E-state index is 13.4. The molecule has 0 aliphatic heterocycles. The molecule has 4 rings (SSSR count). The first-order valence-corrected chi connectivity index (χ1v) is 10.3. The highest BCUT2D eigenvalue weighted by atomic mass is 32.1. The number of nitrogens with one attached hydrogen (secondary N) is 1. The molecular formula is C22H18F2N4O2S. The van der Waals surface area contributed by atoms with E-state index in [0.29, 0.717) is 23.1 Å². The van der Waals surface area contributed by atoms with Crippen LogP contribution in [0, 0.1) is 11.6 Å². The minimum Gasteiger partial charge on any atom is -0.494 e. The molecule has 0 bridgehead atoms. The molecule has 31 heavy (non-hydrogen) atoms. The smallest absolute Gasteiger partial charge is 0.256 e. The number of nitrogens with zero attached hydrogens (tertiary/aromatic N) is 3. The van der Waals surface area contributed by atoms with E-state index in [1.165, 1.54) is 22.1 Å². The molecular weight excluding hydrogens is 422 g/mol. The molecule has 0 atom stereocenters. The maximum atomic E-state index is 13.4. The molecule has 4 aromatic rings. The van der Waals surface area contributed by atoms with Crippen LogP contribution in [0.1, 0.15) is 17.3 Å². The number of aryl methyl sites for hydroxylation is 1. The molecule has 0 aliphatic rings. The Morgan fingerprint density at radius 2 is 1.87 bits per heavy atom. The van der Waals surface area contributed by atoms with Crippen LogP contribution in [-0.2, 0) is 7.05 Å². The Bertz CT molecular complexity index is 1230. The van der Waals surface area contributed by atoms with Crippen molar-refractivity contribution in [3.63, 3.8) is 0 Å². The van der Waals surface area contributed by atoms with Gasteiger partial charge in [0.05, 0.1) is 12.3 Å². The van der Waals surface area contributed by atoms with E-state index in [2.05, 4.69) is 15.4 Å². The summed E-state index contributed by atoms with van der Waals surface area (Å²) in [4.78, 5) is 17.0. The van der Waals surface area contributed by atoms with Crippen molar-refractivity contribution in [3.8, 4) is 27.7 Å². The second kappa shape index (κ2) is 8.65. The Labute approximate surface area is 181 Å². The summed E-state index contributed by atoms with van der Waals surface area (Å²) in [6.07, 6.45) is 0. The number of rotatable bonds is 6. The van der Waals surface area contributed by atoms with Crippen molar-refractivity contribution < 1.29 is 18.3 Å². The lowest BCUT2D eigenvalue weighted by Gasteiger charge is -2.05. The zero-order chi connectivity index (χ0) is 22.0. The standard InChI is InChI=1S/C22H18F2N4O2S/c1-3-30-15-7-4-13(5-8-15)19-12-31-22(25-19)18-11-20(28(2)27-18)26-21(29)14-6-9-16(23)17(24)10-14/h4-12H,3H2,1-2H3,(H,26,29). The molecule has 2 aromatic heterocycles. The third-order valence-electron chi connectivity index (χ3n) is 4.49. The number of hydrogen-bond acceptors (Lipinski definition) is 5. The van der Waals surface area contributed by atoms with Gasteiger partial charge < -0.3 is 10.1 Å². The number of anilines is 1. The average molecular weight is 440 g/mol. The topological polar surface area (TPSA) is 69.0 Å². The third-order valence-corrected chi connectivity index (χ3v) is 5.35. The van der Waals surface area contributed by atoms with E-state index < -0.39 is 17.5 Å². The summed E-state index contributed by atoms with van der Waals surface area (Å²) in [5.41, 5.74) is 2.36. The van der Waals surface area contributed by atoms with E-state index in [-0.39, 0.29) is 5.56 Å². The van der Waals surface area contributed by atoms with Crippen LogP contribution in [0.5, 0.6) is 5.75 Å². The van der Waals surface area contributed by atoms with Crippen LogP contribution in [0.25, 0.3) is 22.0 Å². The van der Waals surface area contributed by atoms with Crippen LogP contribution >= 0.6 is 11.3 Å². The molecule has 0 unspecified atom stereocenters. The monoisotopic (exact) mass is 440 g/mol. The van der Waals surface area contributed by atoms with Gasteiger partial charge >= 0.3 is 0 Å². The van der Waals surface area contributed by atoms with E-state index in [9.17, 15) is 13.6 Å². The minimum absolute atomic E-state index is 0.00804. The van der Waals surface area contributed by atoms with Gasteiger partial charge in [0.25, 0.3) is 5.91 Å². The molecule has 1 amide bonds. The fraction of sp³-hybridized carbons (Fsp3) is 0.136. The summed E-state index contributed by atoms with van der Waals surface area (Å²) in [5.74, 6) is -1.45. The van der Waals surface area contributed by atoms with Crippen molar-refractivity contribution in [2.75, 3.05) is 11.9 Å². The van der Waals surface area contributed by atoms with Gasteiger partial charge in [-0.1, -0.05) is 0 Å². The second-order valence-electron chi connectivity index (χ2n) is 6.62. The normalized spacial score (nSPS) is 10.8. The number of hydrogen-bond donors (Lipinski definition) is 1. The van der Waals surface area contributed by atoms with Crippen molar-refractivity contribution in [1.29, 1.82) is 0 Å². The molecule has 0 aliphatic carbocycles. The first-order valence-electron chi connectivity index (χ1n) is 9.44. The maximum Gasteiger partial charge on any atom is 0.256 e. The van der Waals surface area contributed by atoms with Gasteiger partial charge in [0.2, 0.25) is 0 Å². The lowest BCUT2D eigenvalue weighted by molar-refractivity contribution is 0.102. The summed E-state index contributed by atoms with van der Waals surface area (Å²) >= 11 is 1.43. The summed E-state index contributed by atoms with van der Waals surface area (Å²) in [7, 11) is 1.67. The number of carbonyl (C=O) groups is 1. The summed E-state index contributed by atoms with van der Waals surface area (Å²) in [5, 5.41) is 9.67. The van der Waals surface area contributed by atoms with Crippen LogP contribution in [0.4, 0.5) is 14.6 Å². The molecule has 2 aromatic carbocycles.